The van der Waals surface area contributed by atoms with Crippen LogP contribution in [0.5, 0.6) is 5.75 Å². The lowest BCUT2D eigenvalue weighted by atomic mass is 10.1. The largest absolute Gasteiger partial charge is 0.506 e. The van der Waals surface area contributed by atoms with E-state index in [1.165, 1.54) is 25.4 Å². The van der Waals surface area contributed by atoms with E-state index in [0.29, 0.717) is 0 Å². The molecule has 1 unspecified atom stereocenters. The highest BCUT2D eigenvalue weighted by molar-refractivity contribution is 5.94. The zero-order valence-corrected chi connectivity index (χ0v) is 10.6. The first-order valence-electron chi connectivity index (χ1n) is 5.87. The standard InChI is InChI=1S/C14H12F2N2O2/c1-8(12-5-10(15)2-3-13(12)16)18-14(20)9-4-11(19)7-17-6-9/h2-8,19H,1H3,(H,18,20). The van der Waals surface area contributed by atoms with Gasteiger partial charge >= 0.3 is 0 Å². The third-order valence-electron chi connectivity index (χ3n) is 2.76. The highest BCUT2D eigenvalue weighted by Gasteiger charge is 2.16. The number of nitrogens with zero attached hydrogens (tertiary/aromatic N) is 1. The fourth-order valence-electron chi connectivity index (χ4n) is 1.76. The first kappa shape index (κ1) is 13.9. The van der Waals surface area contributed by atoms with Gasteiger partial charge in [0.1, 0.15) is 17.4 Å². The summed E-state index contributed by atoms with van der Waals surface area (Å²) in [5, 5.41) is 11.8. The minimum atomic E-state index is -0.722. The Kier molecular flexibility index (Phi) is 3.93. The number of aromatic nitrogens is 1. The van der Waals surface area contributed by atoms with Crippen LogP contribution in [0.15, 0.2) is 36.7 Å². The van der Waals surface area contributed by atoms with Crippen molar-refractivity contribution < 1.29 is 18.7 Å². The number of carbonyl (C=O) groups excluding carboxylic acids is 1. The SMILES string of the molecule is CC(NC(=O)c1cncc(O)c1)c1cc(F)ccc1F. The summed E-state index contributed by atoms with van der Waals surface area (Å²) in [7, 11) is 0. The smallest absolute Gasteiger partial charge is 0.253 e. The van der Waals surface area contributed by atoms with Crippen LogP contribution >= 0.6 is 0 Å². The lowest BCUT2D eigenvalue weighted by Gasteiger charge is -2.15. The molecular formula is C14H12F2N2O2. The van der Waals surface area contributed by atoms with E-state index in [-0.39, 0.29) is 16.9 Å². The first-order chi connectivity index (χ1) is 9.47. The molecule has 1 aromatic carbocycles. The van der Waals surface area contributed by atoms with Gasteiger partial charge in [0, 0.05) is 11.8 Å². The third kappa shape index (κ3) is 3.09. The van der Waals surface area contributed by atoms with E-state index in [2.05, 4.69) is 10.3 Å². The molecule has 0 fully saturated rings. The number of carbonyl (C=O) groups is 1. The summed E-state index contributed by atoms with van der Waals surface area (Å²) >= 11 is 0. The predicted octanol–water partition coefficient (Wildman–Crippen LogP) is 2.56. The molecule has 1 atom stereocenters. The van der Waals surface area contributed by atoms with Crippen molar-refractivity contribution in [1.82, 2.24) is 10.3 Å². The number of hydrogen-bond donors (Lipinski definition) is 2. The van der Waals surface area contributed by atoms with Gasteiger partial charge in [0.05, 0.1) is 17.8 Å². The van der Waals surface area contributed by atoms with Crippen LogP contribution < -0.4 is 5.32 Å². The van der Waals surface area contributed by atoms with Crippen molar-refractivity contribution in [2.45, 2.75) is 13.0 Å². The molecule has 0 saturated heterocycles. The van der Waals surface area contributed by atoms with Gasteiger partial charge in [-0.15, -0.1) is 0 Å². The summed E-state index contributed by atoms with van der Waals surface area (Å²) in [6, 6.07) is 3.55. The third-order valence-corrected chi connectivity index (χ3v) is 2.76. The highest BCUT2D eigenvalue weighted by atomic mass is 19.1. The molecule has 0 spiro atoms. The van der Waals surface area contributed by atoms with E-state index in [1.54, 1.807) is 0 Å². The average Bonchev–Trinajstić information content (AvgIpc) is 2.41. The fraction of sp³-hybridized carbons (Fsp3) is 0.143. The zero-order chi connectivity index (χ0) is 14.7. The Balaban J connectivity index is 2.17. The van der Waals surface area contributed by atoms with Gasteiger partial charge in [0.25, 0.3) is 5.91 Å². The molecule has 0 radical (unpaired) electrons. The maximum absolute atomic E-state index is 13.6. The van der Waals surface area contributed by atoms with Crippen LogP contribution in [0.2, 0.25) is 0 Å². The summed E-state index contributed by atoms with van der Waals surface area (Å²) < 4.78 is 26.7. The van der Waals surface area contributed by atoms with Gasteiger partial charge in [0.2, 0.25) is 0 Å². The summed E-state index contributed by atoms with van der Waals surface area (Å²) in [4.78, 5) is 15.6. The van der Waals surface area contributed by atoms with Crippen LogP contribution in [0.3, 0.4) is 0 Å². The molecule has 104 valence electrons. The van der Waals surface area contributed by atoms with Crippen molar-refractivity contribution in [3.63, 3.8) is 0 Å². The van der Waals surface area contributed by atoms with Crippen LogP contribution in [-0.2, 0) is 0 Å². The molecule has 0 aliphatic carbocycles. The van der Waals surface area contributed by atoms with Gasteiger partial charge < -0.3 is 10.4 Å². The van der Waals surface area contributed by atoms with E-state index in [1.807, 2.05) is 0 Å². The molecule has 2 rings (SSSR count). The molecule has 0 bridgehead atoms. The van der Waals surface area contributed by atoms with E-state index in [9.17, 15) is 18.7 Å². The van der Waals surface area contributed by atoms with Crippen LogP contribution in [0.1, 0.15) is 28.9 Å². The van der Waals surface area contributed by atoms with Crippen LogP contribution in [0.4, 0.5) is 8.78 Å². The van der Waals surface area contributed by atoms with Crippen molar-refractivity contribution in [2.24, 2.45) is 0 Å². The molecule has 0 aliphatic heterocycles. The number of amides is 1. The van der Waals surface area contributed by atoms with Gasteiger partial charge in [-0.1, -0.05) is 0 Å². The predicted molar refractivity (Wildman–Crippen MR) is 68.1 cm³/mol. The van der Waals surface area contributed by atoms with E-state index in [0.717, 1.165) is 18.2 Å². The monoisotopic (exact) mass is 278 g/mol. The number of nitrogens with one attached hydrogen (secondary N) is 1. The molecule has 0 aliphatic rings. The number of benzene rings is 1. The molecule has 1 amide bonds. The minimum absolute atomic E-state index is 0.0477. The maximum Gasteiger partial charge on any atom is 0.253 e. The Morgan fingerprint density at radius 3 is 2.75 bits per heavy atom. The molecule has 6 heteroatoms. The maximum atomic E-state index is 13.6. The van der Waals surface area contributed by atoms with Crippen LogP contribution in [-0.4, -0.2) is 16.0 Å². The van der Waals surface area contributed by atoms with Crippen molar-refractivity contribution >= 4 is 5.91 Å². The molecule has 1 heterocycles. The van der Waals surface area contributed by atoms with Gasteiger partial charge in [-0.25, -0.2) is 8.78 Å². The Morgan fingerprint density at radius 2 is 2.05 bits per heavy atom. The summed E-state index contributed by atoms with van der Waals surface area (Å²) in [5.41, 5.74) is 0.181. The Labute approximate surface area is 114 Å². The lowest BCUT2D eigenvalue weighted by Crippen LogP contribution is -2.27. The molecule has 2 N–H and O–H groups in total. The Hall–Kier alpha value is -2.50. The second-order valence-corrected chi connectivity index (χ2v) is 4.29. The van der Waals surface area contributed by atoms with Crippen LogP contribution in [0, 0.1) is 11.6 Å². The second kappa shape index (κ2) is 5.64. The number of pyridine rings is 1. The molecule has 4 nitrogen and oxygen atoms in total. The first-order valence-corrected chi connectivity index (χ1v) is 5.87. The van der Waals surface area contributed by atoms with Crippen molar-refractivity contribution in [2.75, 3.05) is 0 Å². The average molecular weight is 278 g/mol. The van der Waals surface area contributed by atoms with Gasteiger partial charge in [-0.3, -0.25) is 9.78 Å². The number of halogens is 2. The van der Waals surface area contributed by atoms with Gasteiger partial charge in [-0.05, 0) is 31.2 Å². The topological polar surface area (TPSA) is 62.2 Å². The van der Waals surface area contributed by atoms with E-state index >= 15 is 0 Å². The number of aromatic hydroxyl groups is 1. The Bertz CT molecular complexity index is 647. The van der Waals surface area contributed by atoms with Gasteiger partial charge in [0.15, 0.2) is 0 Å². The van der Waals surface area contributed by atoms with Crippen LogP contribution in [0.25, 0.3) is 0 Å². The molecule has 1 aromatic heterocycles. The normalized spacial score (nSPS) is 11.9. The number of hydrogen-bond acceptors (Lipinski definition) is 3. The summed E-state index contributed by atoms with van der Waals surface area (Å²) in [5.74, 6) is -1.87. The van der Waals surface area contributed by atoms with Crippen molar-refractivity contribution in [3.05, 3.63) is 59.4 Å². The molecule has 20 heavy (non-hydrogen) atoms. The fourth-order valence-corrected chi connectivity index (χ4v) is 1.76. The summed E-state index contributed by atoms with van der Waals surface area (Å²) in [6.07, 6.45) is 2.45. The minimum Gasteiger partial charge on any atom is -0.506 e. The molecular weight excluding hydrogens is 266 g/mol. The highest BCUT2D eigenvalue weighted by Crippen LogP contribution is 2.19. The second-order valence-electron chi connectivity index (χ2n) is 4.29. The quantitative estimate of drug-likeness (QED) is 0.907. The van der Waals surface area contributed by atoms with Gasteiger partial charge in [-0.2, -0.15) is 0 Å². The van der Waals surface area contributed by atoms with Crippen molar-refractivity contribution in [1.29, 1.82) is 0 Å². The summed E-state index contributed by atoms with van der Waals surface area (Å²) in [6.45, 7) is 1.53. The van der Waals surface area contributed by atoms with E-state index < -0.39 is 23.6 Å². The van der Waals surface area contributed by atoms with Crippen molar-refractivity contribution in [3.8, 4) is 5.75 Å². The Morgan fingerprint density at radius 1 is 1.30 bits per heavy atom. The zero-order valence-electron chi connectivity index (χ0n) is 10.6. The number of rotatable bonds is 3. The molecule has 2 aromatic rings. The molecule has 0 saturated carbocycles. The lowest BCUT2D eigenvalue weighted by molar-refractivity contribution is 0.0938. The van der Waals surface area contributed by atoms with E-state index in [4.69, 9.17) is 0 Å².